The summed E-state index contributed by atoms with van der Waals surface area (Å²) >= 11 is 0. The Morgan fingerprint density at radius 1 is 0.875 bits per heavy atom. The van der Waals surface area contributed by atoms with E-state index in [0.717, 1.165) is 0 Å². The van der Waals surface area contributed by atoms with Crippen molar-refractivity contribution in [2.24, 2.45) is 0 Å². The second-order valence-electron chi connectivity index (χ2n) is 0.908. The molecule has 0 aromatic rings. The van der Waals surface area contributed by atoms with Gasteiger partial charge in [-0.3, -0.25) is 0 Å². The van der Waals surface area contributed by atoms with Crippen molar-refractivity contribution in [2.75, 3.05) is 0 Å². The van der Waals surface area contributed by atoms with Crippen molar-refractivity contribution >= 4 is 5.78 Å². The zero-order chi connectivity index (χ0) is 3.58. The fourth-order valence-electron chi connectivity index (χ4n) is 0. The van der Waals surface area contributed by atoms with Crippen molar-refractivity contribution in [1.82, 2.24) is 0 Å². The summed E-state index contributed by atoms with van der Waals surface area (Å²) in [6, 6.07) is 0. The maximum absolute atomic E-state index is 9.44. The highest BCUT2D eigenvalue weighted by molar-refractivity contribution is 5.72. The molecule has 0 unspecified atom stereocenters. The molecule has 0 saturated carbocycles. The van der Waals surface area contributed by atoms with Crippen LogP contribution in [0, 0.1) is 0 Å². The lowest BCUT2D eigenvalue weighted by molar-refractivity contribution is -0.114. The first-order chi connectivity index (χ1) is 1.73. The summed E-state index contributed by atoms with van der Waals surface area (Å²) < 4.78 is 0. The fourth-order valence-corrected chi connectivity index (χ4v) is 0. The van der Waals surface area contributed by atoms with E-state index in [2.05, 4.69) is 0 Å². The smallest absolute Gasteiger partial charge is 0.126 e. The molecule has 0 saturated heterocycles. The van der Waals surface area contributed by atoms with Gasteiger partial charge in [0.15, 0.2) is 0 Å². The number of hydrogen-bond acceptors (Lipinski definition) is 1. The second kappa shape index (κ2) is 30.1. The molecule has 0 amide bonds. The van der Waals surface area contributed by atoms with Gasteiger partial charge >= 0.3 is 0 Å². The third-order valence-electron chi connectivity index (χ3n) is 0. The molecule has 0 fully saturated rings. The molecule has 1 heteroatoms. The van der Waals surface area contributed by atoms with Crippen LogP contribution in [0.4, 0.5) is 0 Å². The summed E-state index contributed by atoms with van der Waals surface area (Å²) in [4.78, 5) is 9.44. The van der Waals surface area contributed by atoms with Crippen molar-refractivity contribution in [2.45, 2.75) is 43.6 Å². The Balaban J connectivity index is -0.00000000750. The van der Waals surface area contributed by atoms with Gasteiger partial charge in [-0.15, -0.1) is 0 Å². The van der Waals surface area contributed by atoms with Gasteiger partial charge in [-0.1, -0.05) is 29.7 Å². The molecule has 0 aliphatic rings. The van der Waals surface area contributed by atoms with Gasteiger partial charge < -0.3 is 4.79 Å². The molecule has 0 spiro atoms. The monoisotopic (exact) mass is 122 g/mol. The minimum absolute atomic E-state index is 0. The van der Waals surface area contributed by atoms with E-state index in [9.17, 15) is 4.79 Å². The Morgan fingerprint density at radius 3 is 0.875 bits per heavy atom. The van der Waals surface area contributed by atoms with Crippen LogP contribution >= 0.6 is 0 Å². The Hall–Kier alpha value is -0.330. The van der Waals surface area contributed by atoms with E-state index in [0.29, 0.717) is 0 Å². The summed E-state index contributed by atoms with van der Waals surface area (Å²) in [5.74, 6) is 0.167. The zero-order valence-electron chi connectivity index (χ0n) is 2.91. The van der Waals surface area contributed by atoms with Crippen LogP contribution in [-0.4, -0.2) is 5.78 Å². The number of Topliss-reactive ketones (excluding diaryl/α,β-unsaturated/α-hetero) is 1. The van der Waals surface area contributed by atoms with Crippen molar-refractivity contribution in [3.8, 4) is 0 Å². The van der Waals surface area contributed by atoms with Crippen LogP contribution in [-0.2, 0) is 4.79 Å². The quantitative estimate of drug-likeness (QED) is 0.482. The number of ketones is 1. The highest BCUT2D eigenvalue weighted by Crippen LogP contribution is 1.50. The summed E-state index contributed by atoms with van der Waals surface area (Å²) in [6.45, 7) is 3.06. The molecule has 1 nitrogen and oxygen atoms in total. The summed E-state index contributed by atoms with van der Waals surface area (Å²) in [5.41, 5.74) is 0. The van der Waals surface area contributed by atoms with E-state index in [4.69, 9.17) is 0 Å². The molecule has 0 aliphatic heterocycles. The third kappa shape index (κ3) is 1140. The number of carbonyl (C=O) groups is 1. The zero-order valence-corrected chi connectivity index (χ0v) is 2.91. The van der Waals surface area contributed by atoms with Crippen LogP contribution in [0.25, 0.3) is 0 Å². The Morgan fingerprint density at radius 2 is 0.875 bits per heavy atom. The molecular formula is C7H22O. The molecule has 0 aliphatic carbocycles. The van der Waals surface area contributed by atoms with Crippen LogP contribution in [0.15, 0.2) is 0 Å². The first-order valence-electron chi connectivity index (χ1n) is 1.20. The summed E-state index contributed by atoms with van der Waals surface area (Å²) in [7, 11) is 0. The standard InChI is InChI=1S/C3H6O.4CH4/c1-3(2)4;;;;/h1-2H3;4*1H4. The van der Waals surface area contributed by atoms with E-state index >= 15 is 0 Å². The van der Waals surface area contributed by atoms with E-state index in [1.807, 2.05) is 0 Å². The summed E-state index contributed by atoms with van der Waals surface area (Å²) in [5, 5.41) is 0. The lowest BCUT2D eigenvalue weighted by Gasteiger charge is -1.56. The predicted molar refractivity (Wildman–Crippen MR) is 43.3 cm³/mol. The average Bonchev–Trinajstić information content (AvgIpc) is 0.811. The molecule has 0 radical (unpaired) electrons. The normalized spacial score (nSPS) is 3.25. The van der Waals surface area contributed by atoms with Crippen LogP contribution in [0.2, 0.25) is 0 Å². The van der Waals surface area contributed by atoms with E-state index < -0.39 is 0 Å². The van der Waals surface area contributed by atoms with Crippen LogP contribution in [0.5, 0.6) is 0 Å². The second-order valence-corrected chi connectivity index (χ2v) is 0.908. The first-order valence-corrected chi connectivity index (χ1v) is 1.20. The maximum Gasteiger partial charge on any atom is 0.126 e. The first kappa shape index (κ1) is 47.9. The van der Waals surface area contributed by atoms with E-state index in [1.54, 1.807) is 0 Å². The maximum atomic E-state index is 9.44. The number of rotatable bonds is 0. The average molecular weight is 122 g/mol. The molecule has 0 aromatic heterocycles. The van der Waals surface area contributed by atoms with Crippen molar-refractivity contribution in [3.05, 3.63) is 0 Å². The van der Waals surface area contributed by atoms with Crippen LogP contribution < -0.4 is 0 Å². The summed E-state index contributed by atoms with van der Waals surface area (Å²) in [6.07, 6.45) is 0. The molecule has 8 heavy (non-hydrogen) atoms. The van der Waals surface area contributed by atoms with Gasteiger partial charge in [-0.05, 0) is 13.8 Å². The molecule has 0 N–H and O–H groups in total. The Labute approximate surface area is 55.1 Å². The molecule has 0 rings (SSSR count). The molecule has 0 heterocycles. The topological polar surface area (TPSA) is 17.1 Å². The molecule has 0 aromatic carbocycles. The minimum Gasteiger partial charge on any atom is -0.300 e. The highest BCUT2D eigenvalue weighted by atomic mass is 16.1. The Bertz CT molecular complexity index is 27.4. The van der Waals surface area contributed by atoms with Gasteiger partial charge in [0.1, 0.15) is 5.78 Å². The SMILES string of the molecule is C.C.C.C.CC(C)=O. The highest BCUT2D eigenvalue weighted by Gasteiger charge is 1.62. The molecule has 56 valence electrons. The van der Waals surface area contributed by atoms with Gasteiger partial charge in [-0.2, -0.15) is 0 Å². The third-order valence-corrected chi connectivity index (χ3v) is 0. The van der Waals surface area contributed by atoms with Gasteiger partial charge in [0.05, 0.1) is 0 Å². The molecule has 0 bridgehead atoms. The number of carbonyl (C=O) groups excluding carboxylic acids is 1. The van der Waals surface area contributed by atoms with Crippen LogP contribution in [0.1, 0.15) is 43.6 Å². The van der Waals surface area contributed by atoms with Gasteiger partial charge in [0, 0.05) is 0 Å². The lowest BCUT2D eigenvalue weighted by atomic mass is 10.6. The van der Waals surface area contributed by atoms with Crippen molar-refractivity contribution < 1.29 is 4.79 Å². The van der Waals surface area contributed by atoms with E-state index in [-0.39, 0.29) is 35.5 Å². The van der Waals surface area contributed by atoms with E-state index in [1.165, 1.54) is 13.8 Å². The Kier molecular flexibility index (Phi) is 180. The fraction of sp³-hybridized carbons (Fsp3) is 0.857. The lowest BCUT2D eigenvalue weighted by Crippen LogP contribution is -1.69. The van der Waals surface area contributed by atoms with Crippen LogP contribution in [0.3, 0.4) is 0 Å². The largest absolute Gasteiger partial charge is 0.300 e. The molecular weight excluding hydrogens is 100 g/mol. The predicted octanol–water partition coefficient (Wildman–Crippen LogP) is 3.14. The van der Waals surface area contributed by atoms with Crippen molar-refractivity contribution in [1.29, 1.82) is 0 Å². The molecule has 0 atom stereocenters. The number of hydrogen-bond donors (Lipinski definition) is 0. The minimum atomic E-state index is 0. The van der Waals surface area contributed by atoms with Gasteiger partial charge in [-0.25, -0.2) is 0 Å². The van der Waals surface area contributed by atoms with Crippen molar-refractivity contribution in [3.63, 3.8) is 0 Å². The van der Waals surface area contributed by atoms with Gasteiger partial charge in [0.25, 0.3) is 0 Å². The van der Waals surface area contributed by atoms with Gasteiger partial charge in [0.2, 0.25) is 0 Å².